The molecular formula is C20H11F3I2N2O2. The van der Waals surface area contributed by atoms with Crippen molar-refractivity contribution in [3.8, 4) is 34.0 Å². The van der Waals surface area contributed by atoms with E-state index >= 15 is 0 Å². The Bertz CT molecular complexity index is 1160. The molecule has 4 rings (SSSR count). The molecule has 29 heavy (non-hydrogen) atoms. The summed E-state index contributed by atoms with van der Waals surface area (Å²) in [5, 5.41) is 0. The van der Waals surface area contributed by atoms with Gasteiger partial charge in [0.05, 0.1) is 5.56 Å². The largest absolute Gasteiger partial charge is 0.428 e. The minimum atomic E-state index is -4.40. The number of aromatic nitrogens is 2. The van der Waals surface area contributed by atoms with Gasteiger partial charge in [0.1, 0.15) is 11.4 Å². The highest BCUT2D eigenvalue weighted by atomic mass is 127. The van der Waals surface area contributed by atoms with E-state index in [1.165, 1.54) is 12.1 Å². The normalized spacial score (nSPS) is 11.8. The van der Waals surface area contributed by atoms with Crippen molar-refractivity contribution in [2.75, 3.05) is 0 Å². The van der Waals surface area contributed by atoms with Crippen LogP contribution < -0.4 is 0 Å². The first kappa shape index (κ1) is 20.4. The Balaban J connectivity index is 1.83. The minimum Gasteiger partial charge on any atom is -0.428 e. The molecule has 0 fully saturated rings. The highest BCUT2D eigenvalue weighted by Crippen LogP contribution is 2.40. The van der Waals surface area contributed by atoms with E-state index in [0.29, 0.717) is 36.3 Å². The van der Waals surface area contributed by atoms with Gasteiger partial charge in [-0.15, -0.1) is 0 Å². The Morgan fingerprint density at radius 1 is 0.724 bits per heavy atom. The fourth-order valence-electron chi connectivity index (χ4n) is 2.82. The zero-order valence-corrected chi connectivity index (χ0v) is 19.0. The summed E-state index contributed by atoms with van der Waals surface area (Å²) in [6, 6.07) is 12.5. The minimum absolute atomic E-state index is 0.320. The van der Waals surface area contributed by atoms with Gasteiger partial charge >= 0.3 is 6.18 Å². The van der Waals surface area contributed by atoms with E-state index in [4.69, 9.17) is 8.83 Å². The first-order chi connectivity index (χ1) is 13.7. The van der Waals surface area contributed by atoms with Gasteiger partial charge in [-0.25, -0.2) is 9.97 Å². The van der Waals surface area contributed by atoms with Gasteiger partial charge in [0.15, 0.2) is 0 Å². The molecule has 0 saturated heterocycles. The zero-order valence-electron chi connectivity index (χ0n) is 14.7. The average molecular weight is 622 g/mol. The van der Waals surface area contributed by atoms with Crippen molar-refractivity contribution >= 4 is 45.2 Å². The summed E-state index contributed by atoms with van der Waals surface area (Å²) in [5.74, 6) is 0.698. The Morgan fingerprint density at radius 3 is 1.55 bits per heavy atom. The summed E-state index contributed by atoms with van der Waals surface area (Å²) in [4.78, 5) is 8.81. The summed E-state index contributed by atoms with van der Waals surface area (Å²) in [6.45, 7) is 1.98. The van der Waals surface area contributed by atoms with Gasteiger partial charge in [0, 0.05) is 56.3 Å². The maximum Gasteiger partial charge on any atom is 0.416 e. The molecule has 2 aromatic heterocycles. The van der Waals surface area contributed by atoms with Gasteiger partial charge in [0.2, 0.25) is 11.5 Å². The molecule has 0 bridgehead atoms. The highest BCUT2D eigenvalue weighted by molar-refractivity contribution is 14.1. The maximum atomic E-state index is 12.9. The van der Waals surface area contributed by atoms with Gasteiger partial charge in [-0.2, -0.15) is 13.2 Å². The number of oxazole rings is 2. The Morgan fingerprint density at radius 2 is 1.14 bits per heavy atom. The molecule has 0 aliphatic rings. The van der Waals surface area contributed by atoms with Gasteiger partial charge in [-0.05, 0) is 19.1 Å². The molecule has 4 nitrogen and oxygen atoms in total. The highest BCUT2D eigenvalue weighted by Gasteiger charge is 2.31. The number of rotatable bonds is 3. The van der Waals surface area contributed by atoms with Gasteiger partial charge < -0.3 is 8.83 Å². The molecule has 2 heterocycles. The molecule has 0 saturated carbocycles. The molecule has 0 spiro atoms. The van der Waals surface area contributed by atoms with Crippen molar-refractivity contribution in [3.05, 3.63) is 67.5 Å². The third-order valence-electron chi connectivity index (χ3n) is 4.22. The molecule has 0 amide bonds. The van der Waals surface area contributed by atoms with Crippen LogP contribution in [-0.2, 0) is 6.18 Å². The smallest absolute Gasteiger partial charge is 0.416 e. The lowest BCUT2D eigenvalue weighted by molar-refractivity contribution is -0.137. The lowest BCUT2D eigenvalue weighted by atomic mass is 10.0. The predicted molar refractivity (Wildman–Crippen MR) is 118 cm³/mol. The molecule has 0 unspecified atom stereocenters. The van der Waals surface area contributed by atoms with Crippen LogP contribution in [-0.4, -0.2) is 9.97 Å². The molecule has 0 atom stereocenters. The summed E-state index contributed by atoms with van der Waals surface area (Å²) >= 11 is 3.88. The second kappa shape index (κ2) is 7.74. The lowest BCUT2D eigenvalue weighted by Gasteiger charge is -2.07. The maximum absolute atomic E-state index is 12.9. The number of hydrogen-bond acceptors (Lipinski definition) is 4. The second-order valence-electron chi connectivity index (χ2n) is 6.23. The standard InChI is InChI=1S/C20H11F3I2N2O2/c1-10-2-4-11(5-3-10)14-16(28-18(24)26-14)17-15(27-19(25)29-17)12-6-8-13(9-7-12)20(21,22)23/h2-9H,1H3. The molecular weight excluding hydrogens is 611 g/mol. The fourth-order valence-corrected chi connectivity index (χ4v) is 3.74. The predicted octanol–water partition coefficient (Wildman–Crippen LogP) is 7.20. The first-order valence-electron chi connectivity index (χ1n) is 8.30. The number of alkyl halides is 3. The number of benzene rings is 2. The lowest BCUT2D eigenvalue weighted by Crippen LogP contribution is -2.04. The van der Waals surface area contributed by atoms with Crippen LogP contribution in [0.2, 0.25) is 0 Å². The van der Waals surface area contributed by atoms with Crippen molar-refractivity contribution in [2.45, 2.75) is 13.1 Å². The molecule has 0 aliphatic heterocycles. The molecule has 148 valence electrons. The van der Waals surface area contributed by atoms with Gasteiger partial charge in [-0.1, -0.05) is 42.0 Å². The van der Waals surface area contributed by atoms with E-state index in [-0.39, 0.29) is 0 Å². The van der Waals surface area contributed by atoms with Crippen LogP contribution in [0.3, 0.4) is 0 Å². The van der Waals surface area contributed by atoms with Crippen molar-refractivity contribution in [3.63, 3.8) is 0 Å². The van der Waals surface area contributed by atoms with Crippen molar-refractivity contribution < 1.29 is 22.0 Å². The van der Waals surface area contributed by atoms with Crippen LogP contribution in [0.15, 0.2) is 57.4 Å². The number of hydrogen-bond donors (Lipinski definition) is 0. The van der Waals surface area contributed by atoms with Crippen LogP contribution >= 0.6 is 45.2 Å². The van der Waals surface area contributed by atoms with E-state index in [1.54, 1.807) is 0 Å². The topological polar surface area (TPSA) is 52.1 Å². The Hall–Kier alpha value is -1.89. The fraction of sp³-hybridized carbons (Fsp3) is 0.100. The second-order valence-corrected chi connectivity index (χ2v) is 8.08. The van der Waals surface area contributed by atoms with Crippen LogP contribution in [0.4, 0.5) is 13.2 Å². The molecule has 9 heteroatoms. The van der Waals surface area contributed by atoms with E-state index < -0.39 is 11.7 Å². The van der Waals surface area contributed by atoms with E-state index in [9.17, 15) is 13.2 Å². The summed E-state index contributed by atoms with van der Waals surface area (Å²) in [7, 11) is 0. The monoisotopic (exact) mass is 622 g/mol. The van der Waals surface area contributed by atoms with Crippen molar-refractivity contribution in [2.24, 2.45) is 0 Å². The summed E-state index contributed by atoms with van der Waals surface area (Å²) < 4.78 is 51.0. The zero-order chi connectivity index (χ0) is 20.8. The number of halogens is 5. The third kappa shape index (κ3) is 4.20. The van der Waals surface area contributed by atoms with E-state index in [1.807, 2.05) is 76.4 Å². The third-order valence-corrected chi connectivity index (χ3v) is 5.14. The molecule has 0 aliphatic carbocycles. The molecule has 2 aromatic carbocycles. The van der Waals surface area contributed by atoms with Crippen LogP contribution in [0.5, 0.6) is 0 Å². The van der Waals surface area contributed by atoms with E-state index in [0.717, 1.165) is 23.3 Å². The average Bonchev–Trinajstić information content (AvgIpc) is 3.24. The quantitative estimate of drug-likeness (QED) is 0.227. The molecule has 4 aromatic rings. The van der Waals surface area contributed by atoms with Crippen LogP contribution in [0.25, 0.3) is 34.0 Å². The van der Waals surface area contributed by atoms with Gasteiger partial charge in [-0.3, -0.25) is 0 Å². The van der Waals surface area contributed by atoms with Crippen LogP contribution in [0.1, 0.15) is 11.1 Å². The van der Waals surface area contributed by atoms with E-state index in [2.05, 4.69) is 9.97 Å². The first-order valence-corrected chi connectivity index (χ1v) is 10.5. The Kier molecular flexibility index (Phi) is 5.44. The van der Waals surface area contributed by atoms with Gasteiger partial charge in [0.25, 0.3) is 7.79 Å². The summed E-state index contributed by atoms with van der Waals surface area (Å²) in [6.07, 6.45) is -4.40. The SMILES string of the molecule is Cc1ccc(-c2nc(I)oc2-c2oc(I)nc2-c2ccc(C(F)(F)F)cc2)cc1. The summed E-state index contributed by atoms with van der Waals surface area (Å²) in [5.41, 5.74) is 2.67. The van der Waals surface area contributed by atoms with Crippen molar-refractivity contribution in [1.29, 1.82) is 0 Å². The number of nitrogens with zero attached hydrogens (tertiary/aromatic N) is 2. The number of aryl methyl sites for hydroxylation is 1. The molecule has 0 N–H and O–H groups in total. The molecule has 0 radical (unpaired) electrons. The Labute approximate surface area is 190 Å². The van der Waals surface area contributed by atoms with Crippen LogP contribution in [0, 0.1) is 14.7 Å². The van der Waals surface area contributed by atoms with Crippen molar-refractivity contribution in [1.82, 2.24) is 9.97 Å².